The van der Waals surface area contributed by atoms with Crippen molar-refractivity contribution < 1.29 is 0 Å². The summed E-state index contributed by atoms with van der Waals surface area (Å²) in [6.07, 6.45) is 9.59. The first kappa shape index (κ1) is 18.2. The molecule has 0 aromatic carbocycles. The second-order valence-electron chi connectivity index (χ2n) is 4.83. The summed E-state index contributed by atoms with van der Waals surface area (Å²) in [5.41, 5.74) is 1.15. The van der Waals surface area contributed by atoms with Gasteiger partial charge in [-0.25, -0.2) is 9.98 Å². The van der Waals surface area contributed by atoms with Gasteiger partial charge in [0, 0.05) is 12.4 Å². The van der Waals surface area contributed by atoms with Crippen LogP contribution in [0.5, 0.6) is 0 Å². The summed E-state index contributed by atoms with van der Waals surface area (Å²) in [6.45, 7) is 1.77. The van der Waals surface area contributed by atoms with E-state index in [9.17, 15) is 0 Å². The van der Waals surface area contributed by atoms with E-state index in [2.05, 4.69) is 41.2 Å². The molecule has 0 saturated heterocycles. The average molecular weight is 348 g/mol. The quantitative estimate of drug-likeness (QED) is 0.209. The summed E-state index contributed by atoms with van der Waals surface area (Å²) in [5, 5.41) is 28.6. The van der Waals surface area contributed by atoms with Crippen molar-refractivity contribution in [1.29, 1.82) is 10.5 Å². The van der Waals surface area contributed by atoms with Crippen molar-refractivity contribution in [3.63, 3.8) is 0 Å². The van der Waals surface area contributed by atoms with E-state index in [1.165, 1.54) is 0 Å². The van der Waals surface area contributed by atoms with Gasteiger partial charge in [0.05, 0.1) is 29.9 Å². The van der Waals surface area contributed by atoms with E-state index in [4.69, 9.17) is 10.5 Å². The number of aliphatic imine (C=N–C) groups is 2. The van der Waals surface area contributed by atoms with Gasteiger partial charge in [0.15, 0.2) is 12.4 Å². The van der Waals surface area contributed by atoms with Gasteiger partial charge in [-0.1, -0.05) is 0 Å². The van der Waals surface area contributed by atoms with Crippen LogP contribution in [-0.2, 0) is 0 Å². The molecule has 0 aliphatic heterocycles. The third-order valence-corrected chi connectivity index (χ3v) is 2.83. The van der Waals surface area contributed by atoms with Gasteiger partial charge >= 0.3 is 0 Å². The van der Waals surface area contributed by atoms with Gasteiger partial charge in [0.25, 0.3) is 0 Å². The standard InChI is InChI=1S/C16H16N10/c1-12(23-15(21-10-17)25-13-4-2-6-19-8-13)24-16(22-11-18)26-14-5-3-7-20-9-14/h2-9,12H,1H3,(H2,21,23,25)(H2,22,24,26). The minimum Gasteiger partial charge on any atom is -0.335 e. The van der Waals surface area contributed by atoms with Crippen LogP contribution >= 0.6 is 0 Å². The molecular weight excluding hydrogens is 332 g/mol. The third kappa shape index (κ3) is 6.14. The Hall–Kier alpha value is -4.18. The molecule has 0 aliphatic rings. The first-order chi connectivity index (χ1) is 12.7. The highest BCUT2D eigenvalue weighted by atomic mass is 15.3. The number of guanidine groups is 2. The molecule has 2 aromatic rings. The Morgan fingerprint density at radius 3 is 1.73 bits per heavy atom. The van der Waals surface area contributed by atoms with Gasteiger partial charge < -0.3 is 10.6 Å². The molecule has 0 unspecified atom stereocenters. The molecule has 0 aliphatic carbocycles. The SMILES string of the molecule is CC(NC(=Nc1cccnc1)NC#N)NC(=Nc1cccnc1)NC#N. The van der Waals surface area contributed by atoms with E-state index in [0.717, 1.165) is 0 Å². The third-order valence-electron chi connectivity index (χ3n) is 2.83. The van der Waals surface area contributed by atoms with Crippen molar-refractivity contribution in [3.05, 3.63) is 49.1 Å². The Kier molecular flexibility index (Phi) is 6.88. The molecule has 4 N–H and O–H groups in total. The second-order valence-corrected chi connectivity index (χ2v) is 4.83. The summed E-state index contributed by atoms with van der Waals surface area (Å²) < 4.78 is 0. The summed E-state index contributed by atoms with van der Waals surface area (Å²) in [7, 11) is 0. The van der Waals surface area contributed by atoms with E-state index < -0.39 is 6.17 Å². The molecule has 10 nitrogen and oxygen atoms in total. The van der Waals surface area contributed by atoms with Crippen molar-refractivity contribution in [2.45, 2.75) is 13.1 Å². The van der Waals surface area contributed by atoms with Crippen LogP contribution in [-0.4, -0.2) is 28.1 Å². The number of aromatic nitrogens is 2. The first-order valence-corrected chi connectivity index (χ1v) is 7.52. The highest BCUT2D eigenvalue weighted by molar-refractivity contribution is 5.86. The van der Waals surface area contributed by atoms with Crippen LogP contribution in [0.3, 0.4) is 0 Å². The van der Waals surface area contributed by atoms with E-state index in [0.29, 0.717) is 11.4 Å². The zero-order valence-corrected chi connectivity index (χ0v) is 13.9. The Bertz CT molecular complexity index is 761. The molecule has 0 bridgehead atoms. The number of nitriles is 2. The lowest BCUT2D eigenvalue weighted by molar-refractivity contribution is 0.611. The predicted octanol–water partition coefficient (Wildman–Crippen LogP) is 0.818. The molecule has 2 heterocycles. The maximum Gasteiger partial charge on any atom is 0.211 e. The maximum absolute atomic E-state index is 8.88. The molecule has 0 saturated carbocycles. The van der Waals surface area contributed by atoms with Gasteiger partial charge in [-0.2, -0.15) is 10.5 Å². The molecule has 0 radical (unpaired) electrons. The van der Waals surface area contributed by atoms with E-state index in [1.54, 1.807) is 56.0 Å². The number of nitrogens with one attached hydrogen (secondary N) is 4. The fourth-order valence-electron chi connectivity index (χ4n) is 1.84. The normalized spacial score (nSPS) is 12.3. The number of hydrogen-bond donors (Lipinski definition) is 4. The molecule has 10 heteroatoms. The van der Waals surface area contributed by atoms with Crippen LogP contribution in [0, 0.1) is 22.9 Å². The lowest BCUT2D eigenvalue weighted by Crippen LogP contribution is -2.51. The molecule has 26 heavy (non-hydrogen) atoms. The van der Waals surface area contributed by atoms with Crippen molar-refractivity contribution in [2.75, 3.05) is 0 Å². The molecule has 0 atom stereocenters. The largest absolute Gasteiger partial charge is 0.335 e. The Balaban J connectivity index is 2.09. The number of rotatable bonds is 4. The van der Waals surface area contributed by atoms with Crippen LogP contribution in [0.15, 0.2) is 59.0 Å². The molecule has 2 aromatic heterocycles. The Labute approximate surface area is 150 Å². The van der Waals surface area contributed by atoms with Crippen LogP contribution < -0.4 is 21.3 Å². The van der Waals surface area contributed by atoms with Crippen molar-refractivity contribution >= 4 is 23.3 Å². The Morgan fingerprint density at radius 2 is 1.38 bits per heavy atom. The first-order valence-electron chi connectivity index (χ1n) is 7.52. The fraction of sp³-hybridized carbons (Fsp3) is 0.125. The summed E-state index contributed by atoms with van der Waals surface area (Å²) in [6, 6.07) is 6.97. The maximum atomic E-state index is 8.88. The minimum atomic E-state index is -0.414. The molecule has 130 valence electrons. The van der Waals surface area contributed by atoms with Crippen LogP contribution in [0.1, 0.15) is 6.92 Å². The van der Waals surface area contributed by atoms with Gasteiger partial charge in [-0.15, -0.1) is 0 Å². The van der Waals surface area contributed by atoms with Gasteiger partial charge in [0.2, 0.25) is 11.9 Å². The molecular formula is C16H16N10. The second kappa shape index (κ2) is 9.85. The molecule has 0 spiro atoms. The van der Waals surface area contributed by atoms with Crippen molar-refractivity contribution in [3.8, 4) is 12.4 Å². The molecule has 2 rings (SSSR count). The van der Waals surface area contributed by atoms with Gasteiger partial charge in [-0.3, -0.25) is 20.6 Å². The van der Waals surface area contributed by atoms with Gasteiger partial charge in [0.1, 0.15) is 0 Å². The summed E-state index contributed by atoms with van der Waals surface area (Å²) in [5.74, 6) is 0.441. The predicted molar refractivity (Wildman–Crippen MR) is 95.9 cm³/mol. The van der Waals surface area contributed by atoms with Crippen LogP contribution in [0.4, 0.5) is 11.4 Å². The molecule has 0 amide bonds. The van der Waals surface area contributed by atoms with Crippen LogP contribution in [0.25, 0.3) is 0 Å². The van der Waals surface area contributed by atoms with Crippen LogP contribution in [0.2, 0.25) is 0 Å². The molecule has 0 fully saturated rings. The number of nitrogens with zero attached hydrogens (tertiary/aromatic N) is 6. The topological polar surface area (TPSA) is 146 Å². The highest BCUT2D eigenvalue weighted by Crippen LogP contribution is 2.08. The number of hydrogen-bond acceptors (Lipinski definition) is 6. The zero-order chi connectivity index (χ0) is 18.6. The van der Waals surface area contributed by atoms with Crippen molar-refractivity contribution in [1.82, 2.24) is 31.2 Å². The van der Waals surface area contributed by atoms with Gasteiger partial charge in [-0.05, 0) is 31.2 Å². The van der Waals surface area contributed by atoms with Crippen molar-refractivity contribution in [2.24, 2.45) is 9.98 Å². The lowest BCUT2D eigenvalue weighted by atomic mass is 10.4. The minimum absolute atomic E-state index is 0.221. The zero-order valence-electron chi connectivity index (χ0n) is 13.9. The fourth-order valence-corrected chi connectivity index (χ4v) is 1.84. The smallest absolute Gasteiger partial charge is 0.211 e. The van der Waals surface area contributed by atoms with E-state index in [1.807, 2.05) is 12.4 Å². The summed E-state index contributed by atoms with van der Waals surface area (Å²) >= 11 is 0. The summed E-state index contributed by atoms with van der Waals surface area (Å²) in [4.78, 5) is 16.4. The van der Waals surface area contributed by atoms with E-state index in [-0.39, 0.29) is 11.9 Å². The average Bonchev–Trinajstić information content (AvgIpc) is 2.63. The number of pyridine rings is 2. The Morgan fingerprint density at radius 1 is 0.923 bits per heavy atom. The highest BCUT2D eigenvalue weighted by Gasteiger charge is 2.08. The monoisotopic (exact) mass is 348 g/mol. The van der Waals surface area contributed by atoms with E-state index >= 15 is 0 Å². The lowest BCUT2D eigenvalue weighted by Gasteiger charge is -2.18.